The molecule has 0 aliphatic rings. The van der Waals surface area contributed by atoms with Gasteiger partial charge in [0, 0.05) is 22.1 Å². The van der Waals surface area contributed by atoms with Gasteiger partial charge in [-0.3, -0.25) is 13.9 Å². The molecule has 4 aromatic rings. The highest BCUT2D eigenvalue weighted by Gasteiger charge is 2.35. The number of nitrogens with zero attached hydrogens (tertiary/aromatic N) is 2. The summed E-state index contributed by atoms with van der Waals surface area (Å²) in [5.41, 5.74) is 1.52. The third kappa shape index (κ3) is 8.90. The molecule has 4 rings (SSSR count). The van der Waals surface area contributed by atoms with Crippen molar-refractivity contribution in [2.75, 3.05) is 10.8 Å². The van der Waals surface area contributed by atoms with Crippen molar-refractivity contribution >= 4 is 50.1 Å². The van der Waals surface area contributed by atoms with Gasteiger partial charge in [-0.1, -0.05) is 78.9 Å². The minimum Gasteiger partial charge on any atom is -0.350 e. The lowest BCUT2D eigenvalue weighted by Crippen LogP contribution is -2.56. The molecule has 1 atom stereocenters. The molecule has 2 amide bonds. The van der Waals surface area contributed by atoms with E-state index in [0.717, 1.165) is 19.0 Å². The van der Waals surface area contributed by atoms with Crippen LogP contribution in [0.25, 0.3) is 0 Å². The van der Waals surface area contributed by atoms with E-state index in [-0.39, 0.29) is 23.8 Å². The zero-order chi connectivity index (χ0) is 31.0. The number of anilines is 1. The summed E-state index contributed by atoms with van der Waals surface area (Å²) in [5.74, 6) is -0.806. The Morgan fingerprint density at radius 3 is 1.81 bits per heavy atom. The fraction of sp³-hybridized carbons (Fsp3) is 0.235. The molecule has 0 heterocycles. The summed E-state index contributed by atoms with van der Waals surface area (Å²) in [6.45, 7) is 5.30. The molecular formula is C34H36IN3O4S. The van der Waals surface area contributed by atoms with Crippen LogP contribution in [0.2, 0.25) is 0 Å². The van der Waals surface area contributed by atoms with Crippen LogP contribution in [0.1, 0.15) is 31.9 Å². The van der Waals surface area contributed by atoms with E-state index in [1.165, 1.54) is 17.0 Å². The Hall–Kier alpha value is -3.70. The van der Waals surface area contributed by atoms with Gasteiger partial charge in [-0.05, 0) is 90.9 Å². The number of sulfonamides is 1. The molecular weight excluding hydrogens is 673 g/mol. The lowest BCUT2D eigenvalue weighted by atomic mass is 10.0. The van der Waals surface area contributed by atoms with Crippen molar-refractivity contribution in [2.45, 2.75) is 50.2 Å². The minimum absolute atomic E-state index is 0.0715. The van der Waals surface area contributed by atoms with Crippen LogP contribution in [0.3, 0.4) is 0 Å². The Morgan fingerprint density at radius 2 is 1.28 bits per heavy atom. The molecule has 4 aromatic carbocycles. The Kier molecular flexibility index (Phi) is 10.6. The zero-order valence-corrected chi connectivity index (χ0v) is 27.5. The molecule has 0 fully saturated rings. The third-order valence-corrected chi connectivity index (χ3v) is 9.20. The SMILES string of the molecule is CC(C)(C)NC(=O)[C@@H](Cc1ccccc1)N(Cc1ccccc1)C(=O)CN(c1ccc(I)cc1)S(=O)(=O)c1ccccc1. The number of nitrogens with one attached hydrogen (secondary N) is 1. The highest BCUT2D eigenvalue weighted by molar-refractivity contribution is 14.1. The lowest BCUT2D eigenvalue weighted by Gasteiger charge is -2.35. The number of amides is 2. The maximum Gasteiger partial charge on any atom is 0.264 e. The van der Waals surface area contributed by atoms with E-state index >= 15 is 0 Å². The average Bonchev–Trinajstić information content (AvgIpc) is 2.98. The number of rotatable bonds is 11. The molecule has 224 valence electrons. The van der Waals surface area contributed by atoms with Gasteiger partial charge in [0.15, 0.2) is 0 Å². The maximum atomic E-state index is 14.4. The monoisotopic (exact) mass is 709 g/mol. The standard InChI is InChI=1S/C34H36IN3O4S/c1-34(2,3)36-33(40)31(23-26-13-7-4-8-14-26)37(24-27-15-9-5-10-16-27)32(39)25-38(29-21-19-28(35)20-22-29)43(41,42)30-17-11-6-12-18-30/h4-22,31H,23-25H2,1-3H3,(H,36,40)/t31-/m1/s1. The van der Waals surface area contributed by atoms with Gasteiger partial charge < -0.3 is 10.2 Å². The predicted octanol–water partition coefficient (Wildman–Crippen LogP) is 6.04. The summed E-state index contributed by atoms with van der Waals surface area (Å²) < 4.78 is 30.0. The van der Waals surface area contributed by atoms with Crippen LogP contribution in [0.4, 0.5) is 5.69 Å². The van der Waals surface area contributed by atoms with Gasteiger partial charge in [0.2, 0.25) is 11.8 Å². The van der Waals surface area contributed by atoms with Crippen molar-refractivity contribution in [2.24, 2.45) is 0 Å². The first-order valence-electron chi connectivity index (χ1n) is 14.0. The van der Waals surface area contributed by atoms with Crippen LogP contribution >= 0.6 is 22.6 Å². The lowest BCUT2D eigenvalue weighted by molar-refractivity contribution is -0.140. The van der Waals surface area contributed by atoms with Crippen LogP contribution in [0.15, 0.2) is 120 Å². The molecule has 0 unspecified atom stereocenters. The van der Waals surface area contributed by atoms with Gasteiger partial charge in [-0.15, -0.1) is 0 Å². The smallest absolute Gasteiger partial charge is 0.264 e. The van der Waals surface area contributed by atoms with E-state index in [2.05, 4.69) is 27.9 Å². The summed E-state index contributed by atoms with van der Waals surface area (Å²) in [5, 5.41) is 3.04. The van der Waals surface area contributed by atoms with Gasteiger partial charge in [0.25, 0.3) is 10.0 Å². The Morgan fingerprint density at radius 1 is 0.767 bits per heavy atom. The third-order valence-electron chi connectivity index (χ3n) is 6.69. The molecule has 0 aliphatic carbocycles. The first kappa shape index (κ1) is 32.2. The van der Waals surface area contributed by atoms with Crippen LogP contribution in [-0.2, 0) is 32.6 Å². The second-order valence-corrected chi connectivity index (χ2v) is 14.4. The number of hydrogen-bond acceptors (Lipinski definition) is 4. The molecule has 0 saturated heterocycles. The van der Waals surface area contributed by atoms with Crippen molar-refractivity contribution in [1.82, 2.24) is 10.2 Å². The molecule has 9 heteroatoms. The fourth-order valence-electron chi connectivity index (χ4n) is 4.64. The van der Waals surface area contributed by atoms with E-state index in [4.69, 9.17) is 0 Å². The number of benzene rings is 4. The highest BCUT2D eigenvalue weighted by Crippen LogP contribution is 2.26. The zero-order valence-electron chi connectivity index (χ0n) is 24.5. The van der Waals surface area contributed by atoms with E-state index in [1.807, 2.05) is 81.4 Å². The van der Waals surface area contributed by atoms with Gasteiger partial charge in [0.05, 0.1) is 10.6 Å². The van der Waals surface area contributed by atoms with Crippen molar-refractivity contribution in [3.05, 3.63) is 130 Å². The number of carbonyl (C=O) groups excluding carboxylic acids is 2. The molecule has 0 radical (unpaired) electrons. The second-order valence-electron chi connectivity index (χ2n) is 11.3. The van der Waals surface area contributed by atoms with Crippen molar-refractivity contribution in [3.63, 3.8) is 0 Å². The highest BCUT2D eigenvalue weighted by atomic mass is 127. The van der Waals surface area contributed by atoms with Gasteiger partial charge in [-0.25, -0.2) is 8.42 Å². The first-order chi connectivity index (χ1) is 20.4. The van der Waals surface area contributed by atoms with E-state index in [0.29, 0.717) is 5.69 Å². The molecule has 0 spiro atoms. The van der Waals surface area contributed by atoms with Crippen LogP contribution in [0, 0.1) is 3.57 Å². The Balaban J connectivity index is 1.79. The van der Waals surface area contributed by atoms with E-state index < -0.39 is 34.1 Å². The van der Waals surface area contributed by atoms with Crippen LogP contribution < -0.4 is 9.62 Å². The Bertz CT molecular complexity index is 1610. The van der Waals surface area contributed by atoms with Crippen LogP contribution in [-0.4, -0.2) is 43.3 Å². The van der Waals surface area contributed by atoms with Crippen molar-refractivity contribution < 1.29 is 18.0 Å². The average molecular weight is 710 g/mol. The molecule has 0 aromatic heterocycles. The fourth-order valence-corrected chi connectivity index (χ4v) is 6.44. The summed E-state index contributed by atoms with van der Waals surface area (Å²) in [6.07, 6.45) is 0.260. The Labute approximate surface area is 268 Å². The van der Waals surface area contributed by atoms with Crippen LogP contribution in [0.5, 0.6) is 0 Å². The van der Waals surface area contributed by atoms with Gasteiger partial charge in [-0.2, -0.15) is 0 Å². The summed E-state index contributed by atoms with van der Waals surface area (Å²) in [7, 11) is -4.12. The first-order valence-corrected chi connectivity index (χ1v) is 16.5. The molecule has 0 saturated carbocycles. The van der Waals surface area contributed by atoms with Crippen molar-refractivity contribution in [1.29, 1.82) is 0 Å². The molecule has 43 heavy (non-hydrogen) atoms. The quantitative estimate of drug-likeness (QED) is 0.193. The summed E-state index contributed by atoms with van der Waals surface area (Å²) in [6, 6.07) is 33.0. The summed E-state index contributed by atoms with van der Waals surface area (Å²) in [4.78, 5) is 29.9. The van der Waals surface area contributed by atoms with E-state index in [9.17, 15) is 18.0 Å². The van der Waals surface area contributed by atoms with Crippen molar-refractivity contribution in [3.8, 4) is 0 Å². The minimum atomic E-state index is -4.12. The van der Waals surface area contributed by atoms with Gasteiger partial charge in [0.1, 0.15) is 12.6 Å². The number of halogens is 1. The largest absolute Gasteiger partial charge is 0.350 e. The second kappa shape index (κ2) is 14.2. The summed E-state index contributed by atoms with van der Waals surface area (Å²) >= 11 is 2.15. The number of carbonyl (C=O) groups is 2. The topological polar surface area (TPSA) is 86.8 Å². The molecule has 0 bridgehead atoms. The molecule has 1 N–H and O–H groups in total. The molecule has 7 nitrogen and oxygen atoms in total. The normalized spacial score (nSPS) is 12.3. The maximum absolute atomic E-state index is 14.4. The molecule has 0 aliphatic heterocycles. The number of hydrogen-bond donors (Lipinski definition) is 1. The van der Waals surface area contributed by atoms with Gasteiger partial charge >= 0.3 is 0 Å². The van der Waals surface area contributed by atoms with E-state index in [1.54, 1.807) is 42.5 Å². The predicted molar refractivity (Wildman–Crippen MR) is 179 cm³/mol.